The molecule has 3 atom stereocenters. The summed E-state index contributed by atoms with van der Waals surface area (Å²) in [5.74, 6) is 0.00736. The number of benzene rings is 2. The molecule has 266 valence electrons. The number of aryl methyl sites for hydroxylation is 2. The second-order valence-corrected chi connectivity index (χ2v) is 13.1. The molecule has 0 saturated carbocycles. The van der Waals surface area contributed by atoms with Crippen molar-refractivity contribution in [1.29, 1.82) is 0 Å². The average Bonchev–Trinajstić information content (AvgIpc) is 3.65. The number of rotatable bonds is 9. The summed E-state index contributed by atoms with van der Waals surface area (Å²) in [4.78, 5) is 65.5. The van der Waals surface area contributed by atoms with Crippen molar-refractivity contribution < 1.29 is 42.5 Å². The highest BCUT2D eigenvalue weighted by Crippen LogP contribution is 2.41. The molecule has 0 radical (unpaired) electrons. The number of carbonyl (C=O) groups excluding carboxylic acids is 4. The van der Waals surface area contributed by atoms with E-state index >= 15 is 4.39 Å². The predicted molar refractivity (Wildman–Crippen MR) is 182 cm³/mol. The zero-order valence-corrected chi connectivity index (χ0v) is 29.1. The minimum absolute atomic E-state index is 0.0706. The van der Waals surface area contributed by atoms with E-state index in [0.29, 0.717) is 11.3 Å². The molecule has 2 aromatic carbocycles. The molecule has 0 aliphatic carbocycles. The zero-order valence-electron chi connectivity index (χ0n) is 29.1. The van der Waals surface area contributed by atoms with Gasteiger partial charge in [-0.25, -0.2) is 19.4 Å². The van der Waals surface area contributed by atoms with Gasteiger partial charge in [0.2, 0.25) is 11.5 Å². The number of ether oxygens (including phenoxy) is 4. The molecule has 0 spiro atoms. The van der Waals surface area contributed by atoms with Crippen molar-refractivity contribution in [3.05, 3.63) is 83.2 Å². The molecule has 2 amide bonds. The minimum atomic E-state index is -1.81. The van der Waals surface area contributed by atoms with Gasteiger partial charge in [-0.05, 0) is 65.3 Å². The van der Waals surface area contributed by atoms with Crippen LogP contribution in [0.4, 0.5) is 15.0 Å². The third kappa shape index (κ3) is 8.05. The number of hydrogen-bond acceptors (Lipinski definition) is 11. The van der Waals surface area contributed by atoms with Gasteiger partial charge in [0.25, 0.3) is 0 Å². The highest BCUT2D eigenvalue weighted by atomic mass is 19.1. The van der Waals surface area contributed by atoms with E-state index in [-0.39, 0.29) is 35.1 Å². The summed E-state index contributed by atoms with van der Waals surface area (Å²) in [6.45, 7) is 9.83. The lowest BCUT2D eigenvalue weighted by Gasteiger charge is -2.28. The molecule has 0 unspecified atom stereocenters. The Labute approximate surface area is 294 Å². The Morgan fingerprint density at radius 3 is 2.20 bits per heavy atom. The summed E-state index contributed by atoms with van der Waals surface area (Å²) in [5.41, 5.74) is -0.691. The van der Waals surface area contributed by atoms with Gasteiger partial charge in [-0.1, -0.05) is 48.2 Å². The number of halogens is 1. The molecule has 3 heterocycles. The Morgan fingerprint density at radius 1 is 1.02 bits per heavy atom. The summed E-state index contributed by atoms with van der Waals surface area (Å²) in [5, 5.41) is 0. The maximum absolute atomic E-state index is 15.2. The van der Waals surface area contributed by atoms with Crippen molar-refractivity contribution >= 4 is 40.9 Å². The van der Waals surface area contributed by atoms with Crippen LogP contribution in [0.1, 0.15) is 85.0 Å². The Bertz CT molecular complexity index is 2000. The molecule has 1 fully saturated rings. The number of terminal acetylenes is 1. The van der Waals surface area contributed by atoms with Gasteiger partial charge in [-0.2, -0.15) is 19.3 Å². The van der Waals surface area contributed by atoms with Crippen molar-refractivity contribution in [2.45, 2.75) is 84.3 Å². The van der Waals surface area contributed by atoms with Crippen LogP contribution in [0.15, 0.2) is 54.9 Å². The van der Waals surface area contributed by atoms with Crippen LogP contribution in [0, 0.1) is 32.3 Å². The average molecular weight is 700 g/mol. The maximum Gasteiger partial charge on any atom is 0.423 e. The molecule has 0 bridgehead atoms. The van der Waals surface area contributed by atoms with Gasteiger partial charge >= 0.3 is 24.1 Å². The molecular formula is C37H38FN5O8. The quantitative estimate of drug-likeness (QED) is 0.0872. The van der Waals surface area contributed by atoms with Crippen LogP contribution in [-0.2, 0) is 23.7 Å². The van der Waals surface area contributed by atoms with E-state index in [1.54, 1.807) is 76.2 Å². The van der Waals surface area contributed by atoms with Crippen molar-refractivity contribution in [2.75, 3.05) is 11.5 Å². The van der Waals surface area contributed by atoms with Gasteiger partial charge in [-0.15, -0.1) is 6.42 Å². The van der Waals surface area contributed by atoms with E-state index in [2.05, 4.69) is 20.9 Å². The van der Waals surface area contributed by atoms with E-state index in [4.69, 9.17) is 25.4 Å². The molecule has 14 heteroatoms. The lowest BCUT2D eigenvalue weighted by atomic mass is 9.98. The maximum atomic E-state index is 15.2. The molecule has 2 aromatic heterocycles. The van der Waals surface area contributed by atoms with E-state index < -0.39 is 66.0 Å². The van der Waals surface area contributed by atoms with Crippen molar-refractivity contribution in [2.24, 2.45) is 0 Å². The zero-order chi connectivity index (χ0) is 37.1. The summed E-state index contributed by atoms with van der Waals surface area (Å²) >= 11 is 0. The standard InChI is InChI=1S/C37H38FN5O8/c1-8-10-27(44)43(35(47)51-36(5,6)7)31-29-30(40-34(38)41-31)42(21-39-29)28-19-26(49-33(46)25-17-13-23(4)14-18-25)37(9-2,50-28)20-48-32(45)24-15-11-22(3)12-16-24/h2,11-18,21,26,28H,8,10,19-20H2,1,3-7H3/t26-,28+,37+/m0/s1. The lowest BCUT2D eigenvalue weighted by Crippen LogP contribution is -2.45. The third-order valence-corrected chi connectivity index (χ3v) is 7.96. The number of fused-ring (bicyclic) bond motifs is 1. The topological polar surface area (TPSA) is 152 Å². The second-order valence-electron chi connectivity index (χ2n) is 13.1. The van der Waals surface area contributed by atoms with E-state index in [1.807, 2.05) is 13.8 Å². The van der Waals surface area contributed by atoms with Crippen LogP contribution in [0.25, 0.3) is 11.2 Å². The number of hydrogen-bond donors (Lipinski definition) is 0. The first-order valence-corrected chi connectivity index (χ1v) is 16.3. The molecule has 4 aromatic rings. The summed E-state index contributed by atoms with van der Waals surface area (Å²) in [6.07, 6.45) is 2.85. The van der Waals surface area contributed by atoms with Gasteiger partial charge in [0, 0.05) is 12.8 Å². The Hall–Kier alpha value is -5.68. The first-order chi connectivity index (χ1) is 24.1. The van der Waals surface area contributed by atoms with E-state index in [1.165, 1.54) is 10.9 Å². The van der Waals surface area contributed by atoms with Gasteiger partial charge in [0.1, 0.15) is 18.4 Å². The Morgan fingerprint density at radius 2 is 1.63 bits per heavy atom. The number of nitrogens with zero attached hydrogens (tertiary/aromatic N) is 5. The number of carbonyl (C=O) groups is 4. The number of anilines is 1. The largest absolute Gasteiger partial charge is 0.458 e. The fourth-order valence-electron chi connectivity index (χ4n) is 5.36. The number of imidazole rings is 1. The van der Waals surface area contributed by atoms with Crippen LogP contribution in [0.2, 0.25) is 0 Å². The van der Waals surface area contributed by atoms with Gasteiger partial charge in [0.05, 0.1) is 17.5 Å². The molecule has 5 rings (SSSR count). The SMILES string of the molecule is C#C[C@]1(COC(=O)c2ccc(C)cc2)O[C@@H](n2cnc3c(N(C(=O)CCC)C(=O)OC(C)(C)C)nc(F)nc32)C[C@@H]1OC(=O)c1ccc(C)cc1. The van der Waals surface area contributed by atoms with Gasteiger partial charge in [-0.3, -0.25) is 9.36 Å². The summed E-state index contributed by atoms with van der Waals surface area (Å²) in [6, 6.07) is 13.4. The van der Waals surface area contributed by atoms with Gasteiger partial charge in [0.15, 0.2) is 23.1 Å². The molecule has 1 saturated heterocycles. The number of amides is 2. The highest BCUT2D eigenvalue weighted by molar-refractivity contribution is 6.14. The summed E-state index contributed by atoms with van der Waals surface area (Å²) < 4.78 is 39.8. The van der Waals surface area contributed by atoms with Gasteiger partial charge < -0.3 is 18.9 Å². The molecule has 13 nitrogen and oxygen atoms in total. The molecule has 0 N–H and O–H groups in total. The van der Waals surface area contributed by atoms with Crippen LogP contribution in [0.3, 0.4) is 0 Å². The smallest absolute Gasteiger partial charge is 0.423 e. The monoisotopic (exact) mass is 699 g/mol. The molecule has 1 aliphatic rings. The predicted octanol–water partition coefficient (Wildman–Crippen LogP) is 6.02. The van der Waals surface area contributed by atoms with Crippen molar-refractivity contribution in [3.63, 3.8) is 0 Å². The third-order valence-electron chi connectivity index (χ3n) is 7.96. The second kappa shape index (κ2) is 14.7. The van der Waals surface area contributed by atoms with Crippen molar-refractivity contribution in [3.8, 4) is 12.3 Å². The van der Waals surface area contributed by atoms with E-state index in [0.717, 1.165) is 11.1 Å². The first kappa shape index (κ1) is 36.6. The fraction of sp³-hybridized carbons (Fsp3) is 0.378. The molecule has 1 aliphatic heterocycles. The summed E-state index contributed by atoms with van der Waals surface area (Å²) in [7, 11) is 0. The first-order valence-electron chi connectivity index (χ1n) is 16.3. The Kier molecular flexibility index (Phi) is 10.5. The molecular weight excluding hydrogens is 661 g/mol. The number of aromatic nitrogens is 4. The van der Waals surface area contributed by atoms with Crippen LogP contribution in [0.5, 0.6) is 0 Å². The highest BCUT2D eigenvalue weighted by Gasteiger charge is 2.52. The van der Waals surface area contributed by atoms with Crippen LogP contribution in [-0.4, -0.2) is 67.4 Å². The number of imide groups is 1. The van der Waals surface area contributed by atoms with Crippen LogP contribution < -0.4 is 4.90 Å². The fourth-order valence-corrected chi connectivity index (χ4v) is 5.36. The van der Waals surface area contributed by atoms with Crippen LogP contribution >= 0.6 is 0 Å². The Balaban J connectivity index is 1.53. The minimum Gasteiger partial charge on any atom is -0.458 e. The lowest BCUT2D eigenvalue weighted by molar-refractivity contribution is -0.118. The van der Waals surface area contributed by atoms with E-state index in [9.17, 15) is 19.2 Å². The number of esters is 2. The van der Waals surface area contributed by atoms with Crippen molar-refractivity contribution in [1.82, 2.24) is 19.5 Å². The molecule has 51 heavy (non-hydrogen) atoms. The normalized spacial score (nSPS) is 18.5.